The zero-order valence-corrected chi connectivity index (χ0v) is 15.1. The van der Waals surface area contributed by atoms with E-state index in [1.54, 1.807) is 18.2 Å². The van der Waals surface area contributed by atoms with E-state index < -0.39 is 5.91 Å². The van der Waals surface area contributed by atoms with Crippen LogP contribution in [0.15, 0.2) is 30.3 Å². The van der Waals surface area contributed by atoms with Crippen molar-refractivity contribution in [3.05, 3.63) is 45.6 Å². The second-order valence-corrected chi connectivity index (χ2v) is 7.91. The van der Waals surface area contributed by atoms with Crippen molar-refractivity contribution in [1.29, 1.82) is 0 Å². The molecule has 5 nitrogen and oxygen atoms in total. The minimum atomic E-state index is -0.391. The van der Waals surface area contributed by atoms with Crippen LogP contribution in [0.2, 0.25) is 0 Å². The number of carbonyl (C=O) groups is 2. The molecule has 24 heavy (non-hydrogen) atoms. The first-order valence-corrected chi connectivity index (χ1v) is 8.46. The second-order valence-electron chi connectivity index (χ2n) is 6.62. The summed E-state index contributed by atoms with van der Waals surface area (Å²) in [6.45, 7) is 7.91. The summed E-state index contributed by atoms with van der Waals surface area (Å²) in [5, 5.41) is 15.1. The van der Waals surface area contributed by atoms with E-state index in [9.17, 15) is 14.7 Å². The van der Waals surface area contributed by atoms with Crippen molar-refractivity contribution in [2.24, 2.45) is 0 Å². The molecule has 1 heterocycles. The SMILES string of the molecule is Cc1ccc(C(=O)NCC(=O)Nc2cc(C(C)(C)C)ccc2O)s1. The van der Waals surface area contributed by atoms with Gasteiger partial charge in [-0.3, -0.25) is 9.59 Å². The fraction of sp³-hybridized carbons (Fsp3) is 0.333. The molecule has 0 saturated carbocycles. The smallest absolute Gasteiger partial charge is 0.261 e. The van der Waals surface area contributed by atoms with Crippen LogP contribution in [0, 0.1) is 6.92 Å². The molecule has 128 valence electrons. The van der Waals surface area contributed by atoms with Gasteiger partial charge in [-0.1, -0.05) is 26.8 Å². The summed E-state index contributed by atoms with van der Waals surface area (Å²) in [5.74, 6) is -0.676. The first kappa shape index (κ1) is 18.0. The van der Waals surface area contributed by atoms with Gasteiger partial charge >= 0.3 is 0 Å². The molecule has 0 radical (unpaired) electrons. The van der Waals surface area contributed by atoms with Crippen molar-refractivity contribution < 1.29 is 14.7 Å². The molecule has 1 aromatic heterocycles. The predicted octanol–water partition coefficient (Wildman–Crippen LogP) is 3.43. The highest BCUT2D eigenvalue weighted by Gasteiger charge is 2.17. The summed E-state index contributed by atoms with van der Waals surface area (Å²) >= 11 is 1.37. The normalized spacial score (nSPS) is 11.2. The van der Waals surface area contributed by atoms with E-state index in [4.69, 9.17) is 0 Å². The number of hydrogen-bond donors (Lipinski definition) is 3. The van der Waals surface area contributed by atoms with E-state index in [1.807, 2.05) is 39.8 Å². The molecule has 2 aromatic rings. The Balaban J connectivity index is 1.98. The maximum Gasteiger partial charge on any atom is 0.261 e. The zero-order chi connectivity index (χ0) is 17.9. The van der Waals surface area contributed by atoms with Crippen LogP contribution in [0.1, 0.15) is 40.9 Å². The van der Waals surface area contributed by atoms with Crippen molar-refractivity contribution in [3.63, 3.8) is 0 Å². The van der Waals surface area contributed by atoms with Crippen molar-refractivity contribution in [3.8, 4) is 5.75 Å². The summed E-state index contributed by atoms with van der Waals surface area (Å²) < 4.78 is 0. The lowest BCUT2D eigenvalue weighted by Crippen LogP contribution is -2.32. The third kappa shape index (κ3) is 4.58. The molecule has 0 atom stereocenters. The maximum atomic E-state index is 12.0. The Morgan fingerprint density at radius 1 is 1.17 bits per heavy atom. The summed E-state index contributed by atoms with van der Waals surface area (Å²) in [6, 6.07) is 8.72. The van der Waals surface area contributed by atoms with E-state index >= 15 is 0 Å². The van der Waals surface area contributed by atoms with E-state index in [0.29, 0.717) is 10.6 Å². The van der Waals surface area contributed by atoms with Gasteiger partial charge in [0.2, 0.25) is 5.91 Å². The molecule has 0 saturated heterocycles. The number of anilines is 1. The molecule has 6 heteroatoms. The number of aromatic hydroxyl groups is 1. The minimum Gasteiger partial charge on any atom is -0.506 e. The molecule has 0 aliphatic heterocycles. The van der Waals surface area contributed by atoms with Crippen LogP contribution in [-0.2, 0) is 10.2 Å². The standard InChI is InChI=1S/C18H22N2O3S/c1-11-5-8-15(24-11)17(23)19-10-16(22)20-13-9-12(18(2,3)4)6-7-14(13)21/h5-9,21H,10H2,1-4H3,(H,19,23)(H,20,22). The van der Waals surface area contributed by atoms with E-state index in [-0.39, 0.29) is 23.6 Å². The number of amides is 2. The van der Waals surface area contributed by atoms with Crippen molar-refractivity contribution >= 4 is 28.8 Å². The molecule has 0 fully saturated rings. The highest BCUT2D eigenvalue weighted by atomic mass is 32.1. The molecule has 3 N–H and O–H groups in total. The van der Waals surface area contributed by atoms with Crippen LogP contribution in [-0.4, -0.2) is 23.5 Å². The van der Waals surface area contributed by atoms with Crippen molar-refractivity contribution in [1.82, 2.24) is 5.32 Å². The number of thiophene rings is 1. The van der Waals surface area contributed by atoms with Crippen LogP contribution in [0.3, 0.4) is 0 Å². The molecular formula is C18H22N2O3S. The number of phenolic OH excluding ortho intramolecular Hbond substituents is 1. The van der Waals surface area contributed by atoms with E-state index in [0.717, 1.165) is 10.4 Å². The average molecular weight is 346 g/mol. The van der Waals surface area contributed by atoms with Crippen LogP contribution in [0.25, 0.3) is 0 Å². The molecule has 0 unspecified atom stereocenters. The highest BCUT2D eigenvalue weighted by molar-refractivity contribution is 7.13. The predicted molar refractivity (Wildman–Crippen MR) is 96.8 cm³/mol. The van der Waals surface area contributed by atoms with Gasteiger partial charge in [-0.15, -0.1) is 11.3 Å². The van der Waals surface area contributed by atoms with Crippen LogP contribution in [0.4, 0.5) is 5.69 Å². The molecule has 0 spiro atoms. The summed E-state index contributed by atoms with van der Waals surface area (Å²) in [6.07, 6.45) is 0. The number of hydrogen-bond acceptors (Lipinski definition) is 4. The number of aryl methyl sites for hydroxylation is 1. The monoisotopic (exact) mass is 346 g/mol. The Labute approximate surface area is 145 Å². The first-order chi connectivity index (χ1) is 11.2. The van der Waals surface area contributed by atoms with Crippen molar-refractivity contribution in [2.45, 2.75) is 33.1 Å². The lowest BCUT2D eigenvalue weighted by atomic mass is 9.87. The average Bonchev–Trinajstić information content (AvgIpc) is 2.92. The number of benzene rings is 1. The van der Waals surface area contributed by atoms with Crippen LogP contribution >= 0.6 is 11.3 Å². The Bertz CT molecular complexity index is 760. The van der Waals surface area contributed by atoms with Crippen LogP contribution in [0.5, 0.6) is 5.75 Å². The van der Waals surface area contributed by atoms with E-state index in [1.165, 1.54) is 11.3 Å². The first-order valence-electron chi connectivity index (χ1n) is 7.65. The number of carbonyl (C=O) groups excluding carboxylic acids is 2. The zero-order valence-electron chi connectivity index (χ0n) is 14.3. The maximum absolute atomic E-state index is 12.0. The Kier molecular flexibility index (Phi) is 5.29. The Hall–Kier alpha value is -2.34. The molecule has 0 aliphatic rings. The van der Waals surface area contributed by atoms with Gasteiger partial charge in [-0.25, -0.2) is 0 Å². The van der Waals surface area contributed by atoms with Gasteiger partial charge in [0, 0.05) is 4.88 Å². The summed E-state index contributed by atoms with van der Waals surface area (Å²) in [4.78, 5) is 25.6. The largest absolute Gasteiger partial charge is 0.506 e. The lowest BCUT2D eigenvalue weighted by Gasteiger charge is -2.20. The summed E-state index contributed by atoms with van der Waals surface area (Å²) in [5.41, 5.74) is 1.24. The Morgan fingerprint density at radius 3 is 2.46 bits per heavy atom. The van der Waals surface area contributed by atoms with Gasteiger partial charge in [0.05, 0.1) is 17.1 Å². The van der Waals surface area contributed by atoms with Gasteiger partial charge in [0.25, 0.3) is 5.91 Å². The fourth-order valence-electron chi connectivity index (χ4n) is 2.10. The molecule has 1 aromatic carbocycles. The third-order valence-corrected chi connectivity index (χ3v) is 4.51. The number of nitrogens with one attached hydrogen (secondary N) is 2. The lowest BCUT2D eigenvalue weighted by molar-refractivity contribution is -0.115. The molecule has 2 rings (SSSR count). The highest BCUT2D eigenvalue weighted by Crippen LogP contribution is 2.30. The number of phenols is 1. The van der Waals surface area contributed by atoms with Gasteiger partial charge < -0.3 is 15.7 Å². The Morgan fingerprint density at radius 2 is 1.88 bits per heavy atom. The topological polar surface area (TPSA) is 78.4 Å². The van der Waals surface area contributed by atoms with Crippen LogP contribution < -0.4 is 10.6 Å². The quantitative estimate of drug-likeness (QED) is 0.742. The van der Waals surface area contributed by atoms with Crippen molar-refractivity contribution in [2.75, 3.05) is 11.9 Å². The van der Waals surface area contributed by atoms with Gasteiger partial charge in [-0.05, 0) is 42.2 Å². The van der Waals surface area contributed by atoms with Gasteiger partial charge in [-0.2, -0.15) is 0 Å². The molecule has 0 aliphatic carbocycles. The molecular weight excluding hydrogens is 324 g/mol. The van der Waals surface area contributed by atoms with Gasteiger partial charge in [0.15, 0.2) is 0 Å². The fourth-order valence-corrected chi connectivity index (χ4v) is 2.89. The van der Waals surface area contributed by atoms with Gasteiger partial charge in [0.1, 0.15) is 5.75 Å². The molecule has 0 bridgehead atoms. The van der Waals surface area contributed by atoms with E-state index in [2.05, 4.69) is 10.6 Å². The summed E-state index contributed by atoms with van der Waals surface area (Å²) in [7, 11) is 0. The third-order valence-electron chi connectivity index (χ3n) is 3.51. The second kappa shape index (κ2) is 7.05. The molecule has 2 amide bonds. The number of rotatable bonds is 4. The minimum absolute atomic E-state index is 0.00319.